The molecular weight excluding hydrogens is 302 g/mol. The van der Waals surface area contributed by atoms with Crippen LogP contribution in [0.3, 0.4) is 0 Å². The van der Waals surface area contributed by atoms with Gasteiger partial charge in [0, 0.05) is 0 Å². The van der Waals surface area contributed by atoms with Gasteiger partial charge in [0.1, 0.15) is 0 Å². The molecule has 0 fully saturated rings. The van der Waals surface area contributed by atoms with Gasteiger partial charge in [-0.05, 0) is 0 Å². The summed E-state index contributed by atoms with van der Waals surface area (Å²) < 4.78 is 0. The summed E-state index contributed by atoms with van der Waals surface area (Å²) in [6.45, 7) is 2.00. The van der Waals surface area contributed by atoms with Crippen LogP contribution in [-0.4, -0.2) is 6.94 Å². The Morgan fingerprint density at radius 1 is 0.833 bits per heavy atom. The van der Waals surface area contributed by atoms with E-state index in [1.807, 2.05) is 6.94 Å². The van der Waals surface area contributed by atoms with E-state index in [-0.39, 0.29) is 39.7 Å². The third kappa shape index (κ3) is 44.4. The first-order chi connectivity index (χ1) is 1.00. The van der Waals surface area contributed by atoms with Crippen LogP contribution in [0.2, 0.25) is 0 Å². The summed E-state index contributed by atoms with van der Waals surface area (Å²) in [7, 11) is 0. The fourth-order valence-corrected chi connectivity index (χ4v) is 0. The third-order valence-electron chi connectivity index (χ3n) is 0. The van der Waals surface area contributed by atoms with Gasteiger partial charge in [0.2, 0.25) is 0 Å². The molecule has 0 unspecified atom stereocenters. The van der Waals surface area contributed by atoms with Crippen molar-refractivity contribution in [3.05, 3.63) is 14.9 Å². The van der Waals surface area contributed by atoms with E-state index in [1.54, 1.807) is 0 Å². The average Bonchev–Trinajstić information content (AvgIpc) is 1.00. The molecular formula is C2H8Cl2HfSi-2. The molecule has 0 spiro atoms. The zero-order valence-electron chi connectivity index (χ0n) is 3.96. The molecule has 6 heavy (non-hydrogen) atoms. The van der Waals surface area contributed by atoms with E-state index >= 15 is 0 Å². The molecule has 0 aliphatic carbocycles. The molecule has 0 radical (unpaired) electrons. The van der Waals surface area contributed by atoms with Gasteiger partial charge < -0.3 is 39.7 Å². The summed E-state index contributed by atoms with van der Waals surface area (Å²) in [6, 6.07) is 0. The molecule has 0 aromatic heterocycles. The molecule has 0 saturated heterocycles. The standard InChI is InChI=1S/2CH3.2ClH.Hf.H2Si/h2*1H3;2*1H;;1H2/q2*-1;;;+2;/p-2. The second-order valence-electron chi connectivity index (χ2n) is 0. The van der Waals surface area contributed by atoms with Crippen LogP contribution in [0, 0.1) is 14.9 Å². The van der Waals surface area contributed by atoms with Crippen molar-refractivity contribution in [2.75, 3.05) is 0 Å². The summed E-state index contributed by atoms with van der Waals surface area (Å²) in [5, 5.41) is 0. The van der Waals surface area contributed by atoms with Gasteiger partial charge >= 0.3 is 29.9 Å². The molecule has 0 aromatic rings. The molecule has 0 heterocycles. The van der Waals surface area contributed by atoms with Crippen molar-refractivity contribution in [3.63, 3.8) is 0 Å². The Bertz CT molecular complexity index is 11.5. The van der Waals surface area contributed by atoms with Gasteiger partial charge in [-0.25, -0.2) is 0 Å². The molecule has 0 aromatic carbocycles. The second kappa shape index (κ2) is 77.0. The van der Waals surface area contributed by atoms with Crippen molar-refractivity contribution in [1.29, 1.82) is 0 Å². The molecule has 0 bridgehead atoms. The third-order valence-corrected chi connectivity index (χ3v) is 0. The Morgan fingerprint density at radius 3 is 0.833 bits per heavy atom. The van der Waals surface area contributed by atoms with Crippen LogP contribution in [-0.2, 0) is 23.0 Å². The Hall–Kier alpha value is 1.67. The SMILES string of the molecule is [CH3-].[CH3-].[Cl-].[Cl-].[SiH2]=[Hf+2]. The van der Waals surface area contributed by atoms with Crippen LogP contribution in [0.4, 0.5) is 0 Å². The maximum atomic E-state index is 2.00. The predicted molar refractivity (Wildman–Crippen MR) is 21.4 cm³/mol. The van der Waals surface area contributed by atoms with Gasteiger partial charge in [-0.15, -0.1) is 0 Å². The number of hydrogen-bond donors (Lipinski definition) is 0. The van der Waals surface area contributed by atoms with Crippen LogP contribution in [0.5, 0.6) is 0 Å². The summed E-state index contributed by atoms with van der Waals surface area (Å²) >= 11 is 1.33. The first kappa shape index (κ1) is 47.9. The Balaban J connectivity index is -0.000000000833. The summed E-state index contributed by atoms with van der Waals surface area (Å²) in [4.78, 5) is 0. The molecule has 4 heteroatoms. The predicted octanol–water partition coefficient (Wildman–Crippen LogP) is -6.01. The van der Waals surface area contributed by atoms with Crippen molar-refractivity contribution in [1.82, 2.24) is 0 Å². The first-order valence-electron chi connectivity index (χ1n) is 0.354. The monoisotopic (exact) mass is 310 g/mol. The first-order valence-corrected chi connectivity index (χ1v) is 8.68. The van der Waals surface area contributed by atoms with E-state index in [0.29, 0.717) is 0 Å². The van der Waals surface area contributed by atoms with E-state index < -0.39 is 0 Å². The normalized spacial score (nSPS) is 1.00. The quantitative estimate of drug-likeness (QED) is 0.309. The summed E-state index contributed by atoms with van der Waals surface area (Å²) in [5.41, 5.74) is 0. The van der Waals surface area contributed by atoms with Crippen LogP contribution >= 0.6 is 0 Å². The summed E-state index contributed by atoms with van der Waals surface area (Å²) in [6.07, 6.45) is 0. The zero-order valence-corrected chi connectivity index (χ0v) is 10.5. The molecule has 0 rings (SSSR count). The van der Waals surface area contributed by atoms with Crippen LogP contribution < -0.4 is 24.8 Å². The molecule has 0 N–H and O–H groups in total. The molecule has 0 amide bonds. The van der Waals surface area contributed by atoms with E-state index in [2.05, 4.69) is 0 Å². The molecule has 40 valence electrons. The topological polar surface area (TPSA) is 0 Å². The number of halogens is 2. The Kier molecular flexibility index (Phi) is 615. The van der Waals surface area contributed by atoms with Gasteiger partial charge in [0.25, 0.3) is 0 Å². The van der Waals surface area contributed by atoms with Gasteiger partial charge in [-0.3, -0.25) is 0 Å². The van der Waals surface area contributed by atoms with Gasteiger partial charge in [-0.1, -0.05) is 0 Å². The fraction of sp³-hybridized carbons (Fsp3) is 0. The minimum atomic E-state index is 0. The van der Waals surface area contributed by atoms with Crippen molar-refractivity contribution in [3.8, 4) is 0 Å². The zero-order chi connectivity index (χ0) is 2.00. The molecule has 0 aliphatic heterocycles. The maximum absolute atomic E-state index is 2.00. The van der Waals surface area contributed by atoms with Gasteiger partial charge in [-0.2, -0.15) is 0 Å². The van der Waals surface area contributed by atoms with Crippen molar-refractivity contribution >= 4 is 6.94 Å². The van der Waals surface area contributed by atoms with E-state index in [0.717, 1.165) is 0 Å². The second-order valence-corrected chi connectivity index (χ2v) is 0. The fourth-order valence-electron chi connectivity index (χ4n) is 0. The summed E-state index contributed by atoms with van der Waals surface area (Å²) in [5.74, 6) is 0. The van der Waals surface area contributed by atoms with E-state index in [4.69, 9.17) is 0 Å². The van der Waals surface area contributed by atoms with Crippen molar-refractivity contribution in [2.45, 2.75) is 0 Å². The number of hydrogen-bond acceptors (Lipinski definition) is 0. The Morgan fingerprint density at radius 2 is 0.833 bits per heavy atom. The van der Waals surface area contributed by atoms with Gasteiger partial charge in [0.15, 0.2) is 0 Å². The van der Waals surface area contributed by atoms with Gasteiger partial charge in [0.05, 0.1) is 0 Å². The Labute approximate surface area is 69.2 Å². The number of rotatable bonds is 0. The minimum absolute atomic E-state index is 0. The van der Waals surface area contributed by atoms with Crippen LogP contribution in [0.1, 0.15) is 0 Å². The molecule has 0 nitrogen and oxygen atoms in total. The van der Waals surface area contributed by atoms with E-state index in [1.165, 1.54) is 23.0 Å². The van der Waals surface area contributed by atoms with Crippen molar-refractivity contribution < 1.29 is 47.8 Å². The average molecular weight is 310 g/mol. The van der Waals surface area contributed by atoms with Crippen LogP contribution in [0.15, 0.2) is 0 Å². The van der Waals surface area contributed by atoms with E-state index in [9.17, 15) is 0 Å². The van der Waals surface area contributed by atoms with Crippen molar-refractivity contribution in [2.24, 2.45) is 0 Å². The molecule has 0 aliphatic rings. The van der Waals surface area contributed by atoms with Crippen LogP contribution in [0.25, 0.3) is 0 Å². The molecule has 0 atom stereocenters. The molecule has 0 saturated carbocycles.